The molecule has 180 valence electrons. The SMILES string of the molecule is COc1ccccc1Nc1cc(NC2CCC(N)CC2)nn2c(C(=O)Nc3ccncc3)cnc12. The molecule has 1 amide bonds. The first-order valence-electron chi connectivity index (χ1n) is 11.6. The molecule has 1 aliphatic rings. The number of nitrogens with zero attached hydrogens (tertiary/aromatic N) is 4. The first-order chi connectivity index (χ1) is 17.1. The smallest absolute Gasteiger partial charge is 0.276 e. The van der Waals surface area contributed by atoms with E-state index >= 15 is 0 Å². The Labute approximate surface area is 202 Å². The fraction of sp³-hybridized carbons (Fsp3) is 0.280. The van der Waals surface area contributed by atoms with E-state index in [1.165, 1.54) is 6.20 Å². The first kappa shape index (κ1) is 22.6. The number of amides is 1. The number of nitrogens with two attached hydrogens (primary N) is 1. The highest BCUT2D eigenvalue weighted by Gasteiger charge is 2.21. The summed E-state index contributed by atoms with van der Waals surface area (Å²) in [6.45, 7) is 0. The van der Waals surface area contributed by atoms with E-state index < -0.39 is 0 Å². The Kier molecular flexibility index (Phi) is 6.44. The van der Waals surface area contributed by atoms with Crippen LogP contribution in [0.25, 0.3) is 5.65 Å². The van der Waals surface area contributed by atoms with Crippen molar-refractivity contribution in [1.29, 1.82) is 0 Å². The van der Waals surface area contributed by atoms with E-state index in [1.807, 2.05) is 30.3 Å². The van der Waals surface area contributed by atoms with Gasteiger partial charge >= 0.3 is 0 Å². The van der Waals surface area contributed by atoms with Crippen LogP contribution >= 0.6 is 0 Å². The molecule has 4 aromatic rings. The van der Waals surface area contributed by atoms with Crippen LogP contribution in [0, 0.1) is 0 Å². The zero-order valence-electron chi connectivity index (χ0n) is 19.4. The quantitative estimate of drug-likeness (QED) is 0.319. The summed E-state index contributed by atoms with van der Waals surface area (Å²) in [5, 5.41) is 14.5. The van der Waals surface area contributed by atoms with E-state index in [1.54, 1.807) is 36.2 Å². The Morgan fingerprint density at radius 3 is 2.63 bits per heavy atom. The molecular formula is C25H28N8O2. The standard InChI is InChI=1S/C25H28N8O2/c1-35-22-5-3-2-4-19(22)31-20-14-23(29-17-8-6-16(26)7-9-17)32-33-21(15-28-24(20)33)25(34)30-18-10-12-27-13-11-18/h2-5,10-17,31H,6-9,26H2,1H3,(H,29,32)(H,27,30,34). The Morgan fingerprint density at radius 2 is 1.86 bits per heavy atom. The van der Waals surface area contributed by atoms with E-state index in [9.17, 15) is 4.79 Å². The lowest BCUT2D eigenvalue weighted by molar-refractivity contribution is 0.102. The highest BCUT2D eigenvalue weighted by Crippen LogP contribution is 2.31. The van der Waals surface area contributed by atoms with Gasteiger partial charge in [0.2, 0.25) is 0 Å². The molecule has 1 aliphatic carbocycles. The van der Waals surface area contributed by atoms with Crippen LogP contribution < -0.4 is 26.4 Å². The average molecular weight is 473 g/mol. The fourth-order valence-electron chi connectivity index (χ4n) is 4.28. The van der Waals surface area contributed by atoms with Gasteiger partial charge in [0.05, 0.1) is 24.7 Å². The Hall–Kier alpha value is -4.18. The molecule has 35 heavy (non-hydrogen) atoms. The predicted octanol–water partition coefficient (Wildman–Crippen LogP) is 3.81. The number of rotatable bonds is 7. The molecule has 0 atom stereocenters. The van der Waals surface area contributed by atoms with Gasteiger partial charge in [-0.05, 0) is 49.9 Å². The van der Waals surface area contributed by atoms with Gasteiger partial charge in [-0.2, -0.15) is 0 Å². The number of para-hydroxylation sites is 2. The summed E-state index contributed by atoms with van der Waals surface area (Å²) in [7, 11) is 1.63. The van der Waals surface area contributed by atoms with Crippen LogP contribution in [0.4, 0.5) is 22.9 Å². The number of methoxy groups -OCH3 is 1. The van der Waals surface area contributed by atoms with Gasteiger partial charge in [0, 0.05) is 36.2 Å². The largest absolute Gasteiger partial charge is 0.495 e. The molecule has 0 spiro atoms. The van der Waals surface area contributed by atoms with Gasteiger partial charge in [-0.15, -0.1) is 5.10 Å². The van der Waals surface area contributed by atoms with Crippen molar-refractivity contribution in [3.8, 4) is 5.75 Å². The molecule has 0 saturated heterocycles. The van der Waals surface area contributed by atoms with Crippen molar-refractivity contribution in [1.82, 2.24) is 19.6 Å². The minimum Gasteiger partial charge on any atom is -0.495 e. The molecule has 3 heterocycles. The third-order valence-corrected chi connectivity index (χ3v) is 6.14. The van der Waals surface area contributed by atoms with E-state index in [2.05, 4.69) is 25.9 Å². The van der Waals surface area contributed by atoms with E-state index in [0.29, 0.717) is 34.3 Å². The van der Waals surface area contributed by atoms with Gasteiger partial charge in [-0.25, -0.2) is 9.50 Å². The predicted molar refractivity (Wildman–Crippen MR) is 135 cm³/mol. The average Bonchev–Trinajstić information content (AvgIpc) is 3.31. The lowest BCUT2D eigenvalue weighted by atomic mass is 9.92. The molecule has 1 aromatic carbocycles. The summed E-state index contributed by atoms with van der Waals surface area (Å²) >= 11 is 0. The van der Waals surface area contributed by atoms with Crippen LogP contribution in [0.5, 0.6) is 5.75 Å². The van der Waals surface area contributed by atoms with Gasteiger partial charge < -0.3 is 26.4 Å². The van der Waals surface area contributed by atoms with Crippen molar-refractivity contribution >= 4 is 34.4 Å². The molecule has 5 N–H and O–H groups in total. The molecular weight excluding hydrogens is 444 g/mol. The van der Waals surface area contributed by atoms with E-state index in [-0.39, 0.29) is 18.0 Å². The van der Waals surface area contributed by atoms with E-state index in [0.717, 1.165) is 31.4 Å². The second-order valence-corrected chi connectivity index (χ2v) is 8.59. The van der Waals surface area contributed by atoms with Crippen LogP contribution in [-0.2, 0) is 0 Å². The zero-order chi connectivity index (χ0) is 24.2. The number of nitrogens with one attached hydrogen (secondary N) is 3. The highest BCUT2D eigenvalue weighted by molar-refractivity contribution is 6.03. The Bertz CT molecular complexity index is 1320. The molecule has 10 nitrogen and oxygen atoms in total. The molecule has 1 fully saturated rings. The molecule has 10 heteroatoms. The summed E-state index contributed by atoms with van der Waals surface area (Å²) in [5.41, 5.74) is 9.03. The zero-order valence-corrected chi connectivity index (χ0v) is 19.4. The van der Waals surface area contributed by atoms with Crippen molar-refractivity contribution in [2.75, 3.05) is 23.1 Å². The number of fused-ring (bicyclic) bond motifs is 1. The number of carbonyl (C=O) groups is 1. The molecule has 5 rings (SSSR count). The van der Waals surface area contributed by atoms with Gasteiger partial charge in [0.1, 0.15) is 11.6 Å². The summed E-state index contributed by atoms with van der Waals surface area (Å²) in [5.74, 6) is 1.02. The number of ether oxygens (including phenoxy) is 1. The lowest BCUT2D eigenvalue weighted by Gasteiger charge is -2.27. The van der Waals surface area contributed by atoms with Crippen LogP contribution in [0.3, 0.4) is 0 Å². The number of benzene rings is 1. The van der Waals surface area contributed by atoms with Crippen molar-refractivity contribution in [3.63, 3.8) is 0 Å². The topological polar surface area (TPSA) is 131 Å². The van der Waals surface area contributed by atoms with Crippen LogP contribution in [0.1, 0.15) is 36.2 Å². The third kappa shape index (κ3) is 5.02. The highest BCUT2D eigenvalue weighted by atomic mass is 16.5. The number of hydrogen-bond donors (Lipinski definition) is 4. The first-order valence-corrected chi connectivity index (χ1v) is 11.6. The van der Waals surface area contributed by atoms with Crippen LogP contribution in [0.2, 0.25) is 0 Å². The van der Waals surface area contributed by atoms with Crippen molar-refractivity contribution in [2.45, 2.75) is 37.8 Å². The number of pyridine rings is 1. The maximum absolute atomic E-state index is 13.1. The number of carbonyl (C=O) groups excluding carboxylic acids is 1. The van der Waals surface area contributed by atoms with Crippen LogP contribution in [-0.4, -0.2) is 44.7 Å². The second-order valence-electron chi connectivity index (χ2n) is 8.59. The van der Waals surface area contributed by atoms with Gasteiger partial charge in [-0.3, -0.25) is 9.78 Å². The number of anilines is 4. The van der Waals surface area contributed by atoms with Crippen LogP contribution in [0.15, 0.2) is 61.1 Å². The van der Waals surface area contributed by atoms with Gasteiger partial charge in [-0.1, -0.05) is 12.1 Å². The normalized spacial score (nSPS) is 17.7. The molecule has 0 radical (unpaired) electrons. The molecule has 0 aliphatic heterocycles. The maximum Gasteiger partial charge on any atom is 0.276 e. The Balaban J connectivity index is 1.52. The monoisotopic (exact) mass is 472 g/mol. The summed E-state index contributed by atoms with van der Waals surface area (Å²) in [6.07, 6.45) is 8.64. The van der Waals surface area contributed by atoms with Crippen molar-refractivity contribution in [3.05, 3.63) is 66.7 Å². The molecule has 1 saturated carbocycles. The number of imidazole rings is 1. The summed E-state index contributed by atoms with van der Waals surface area (Å²) < 4.78 is 7.06. The third-order valence-electron chi connectivity index (χ3n) is 6.14. The molecule has 3 aromatic heterocycles. The summed E-state index contributed by atoms with van der Waals surface area (Å²) in [6, 6.07) is 13.5. The fourth-order valence-corrected chi connectivity index (χ4v) is 4.28. The summed E-state index contributed by atoms with van der Waals surface area (Å²) in [4.78, 5) is 21.6. The molecule has 0 unspecified atom stereocenters. The second kappa shape index (κ2) is 9.98. The number of hydrogen-bond acceptors (Lipinski definition) is 8. The van der Waals surface area contributed by atoms with Gasteiger partial charge in [0.15, 0.2) is 11.3 Å². The Morgan fingerprint density at radius 1 is 1.09 bits per heavy atom. The minimum atomic E-state index is -0.319. The number of aromatic nitrogens is 4. The lowest BCUT2D eigenvalue weighted by Crippen LogP contribution is -2.33. The van der Waals surface area contributed by atoms with Crippen molar-refractivity contribution in [2.24, 2.45) is 5.73 Å². The van der Waals surface area contributed by atoms with Gasteiger partial charge in [0.25, 0.3) is 5.91 Å². The van der Waals surface area contributed by atoms with E-state index in [4.69, 9.17) is 15.6 Å². The minimum absolute atomic E-state index is 0.253. The maximum atomic E-state index is 13.1. The molecule has 0 bridgehead atoms. The van der Waals surface area contributed by atoms with Crippen molar-refractivity contribution < 1.29 is 9.53 Å².